The maximum absolute atomic E-state index is 12.3. The van der Waals surface area contributed by atoms with Gasteiger partial charge in [-0.1, -0.05) is 46.7 Å². The van der Waals surface area contributed by atoms with Crippen LogP contribution in [0.1, 0.15) is 19.8 Å². The van der Waals surface area contributed by atoms with Crippen molar-refractivity contribution in [2.24, 2.45) is 5.92 Å². The quantitative estimate of drug-likeness (QED) is 0.718. The summed E-state index contributed by atoms with van der Waals surface area (Å²) in [5, 5.41) is 0.543. The molecule has 1 saturated heterocycles. The summed E-state index contributed by atoms with van der Waals surface area (Å²) in [5.74, 6) is 1.87. The fourth-order valence-electron chi connectivity index (χ4n) is 2.70. The van der Waals surface area contributed by atoms with Crippen molar-refractivity contribution in [1.29, 1.82) is 0 Å². The lowest BCUT2D eigenvalue weighted by atomic mass is 10.0. The first-order chi connectivity index (χ1) is 11.1. The van der Waals surface area contributed by atoms with Gasteiger partial charge in [-0.05, 0) is 30.9 Å². The van der Waals surface area contributed by atoms with Crippen molar-refractivity contribution in [3.63, 3.8) is 0 Å². The molecule has 4 nitrogen and oxygen atoms in total. The second-order valence-electron chi connectivity index (χ2n) is 5.87. The Hall–Kier alpha value is -1.27. The molecular formula is C17H19BrN2O2S. The maximum Gasteiger partial charge on any atom is 0.256 e. The number of piperidine rings is 1. The molecule has 23 heavy (non-hydrogen) atoms. The molecule has 0 aliphatic carbocycles. The van der Waals surface area contributed by atoms with E-state index in [0.29, 0.717) is 16.9 Å². The van der Waals surface area contributed by atoms with E-state index < -0.39 is 0 Å². The lowest BCUT2D eigenvalue weighted by Gasteiger charge is -2.30. The molecule has 1 unspecified atom stereocenters. The molecule has 0 N–H and O–H groups in total. The Morgan fingerprint density at radius 3 is 2.96 bits per heavy atom. The van der Waals surface area contributed by atoms with E-state index >= 15 is 0 Å². The molecule has 2 aromatic rings. The minimum absolute atomic E-state index is 0.171. The normalized spacial score (nSPS) is 18.2. The molecule has 0 bridgehead atoms. The number of hydrogen-bond donors (Lipinski definition) is 0. The molecule has 1 atom stereocenters. The molecule has 1 aromatic carbocycles. The van der Waals surface area contributed by atoms with Gasteiger partial charge < -0.3 is 9.32 Å². The van der Waals surface area contributed by atoms with Crippen molar-refractivity contribution in [1.82, 2.24) is 9.88 Å². The van der Waals surface area contributed by atoms with Crippen LogP contribution in [0.3, 0.4) is 0 Å². The van der Waals surface area contributed by atoms with Gasteiger partial charge >= 0.3 is 0 Å². The van der Waals surface area contributed by atoms with Crippen molar-refractivity contribution in [2.75, 3.05) is 18.8 Å². The summed E-state index contributed by atoms with van der Waals surface area (Å²) >= 11 is 4.78. The van der Waals surface area contributed by atoms with Gasteiger partial charge in [-0.15, -0.1) is 0 Å². The van der Waals surface area contributed by atoms with E-state index in [4.69, 9.17) is 4.42 Å². The number of thioether (sulfide) groups is 1. The van der Waals surface area contributed by atoms with Crippen molar-refractivity contribution in [3.05, 3.63) is 34.9 Å². The fourth-order valence-corrected chi connectivity index (χ4v) is 3.67. The Labute approximate surface area is 148 Å². The van der Waals surface area contributed by atoms with Crippen LogP contribution in [0.15, 0.2) is 44.6 Å². The van der Waals surface area contributed by atoms with E-state index in [0.717, 1.165) is 35.3 Å². The molecule has 2 heterocycles. The van der Waals surface area contributed by atoms with Crippen LogP contribution < -0.4 is 0 Å². The summed E-state index contributed by atoms with van der Waals surface area (Å²) in [5.41, 5.74) is 0.976. The molecule has 0 saturated carbocycles. The molecule has 3 rings (SSSR count). The van der Waals surface area contributed by atoms with E-state index in [1.807, 2.05) is 29.2 Å². The summed E-state index contributed by atoms with van der Waals surface area (Å²) in [7, 11) is 0. The van der Waals surface area contributed by atoms with Crippen LogP contribution in [0.2, 0.25) is 0 Å². The van der Waals surface area contributed by atoms with Gasteiger partial charge in [0.2, 0.25) is 5.91 Å². The molecule has 0 radical (unpaired) electrons. The number of oxazole rings is 1. The molecule has 122 valence electrons. The number of amides is 1. The Kier molecular flexibility index (Phi) is 5.43. The van der Waals surface area contributed by atoms with Gasteiger partial charge in [0.25, 0.3) is 5.22 Å². The predicted molar refractivity (Wildman–Crippen MR) is 95.3 cm³/mol. The maximum atomic E-state index is 12.3. The number of carbonyl (C=O) groups excluding carboxylic acids is 1. The van der Waals surface area contributed by atoms with Crippen LogP contribution in [0.25, 0.3) is 11.3 Å². The zero-order valence-corrected chi connectivity index (χ0v) is 15.4. The molecule has 0 spiro atoms. The van der Waals surface area contributed by atoms with Gasteiger partial charge in [-0.3, -0.25) is 4.79 Å². The van der Waals surface area contributed by atoms with Crippen molar-refractivity contribution in [2.45, 2.75) is 25.0 Å². The molecule has 1 fully saturated rings. The standard InChI is InChI=1S/C17H19BrN2O2S/c1-12-3-2-8-20(10-12)16(21)11-23-17-19-9-15(22-17)13-4-6-14(18)7-5-13/h4-7,9,12H,2-3,8,10-11H2,1H3. The lowest BCUT2D eigenvalue weighted by molar-refractivity contribution is -0.130. The highest BCUT2D eigenvalue weighted by molar-refractivity contribution is 9.10. The van der Waals surface area contributed by atoms with Crippen LogP contribution >= 0.6 is 27.7 Å². The molecule has 6 heteroatoms. The number of benzene rings is 1. The Morgan fingerprint density at radius 2 is 2.22 bits per heavy atom. The Balaban J connectivity index is 1.56. The third-order valence-electron chi connectivity index (χ3n) is 3.94. The number of likely N-dealkylation sites (tertiary alicyclic amines) is 1. The molecular weight excluding hydrogens is 376 g/mol. The fraction of sp³-hybridized carbons (Fsp3) is 0.412. The summed E-state index contributed by atoms with van der Waals surface area (Å²) in [6.07, 6.45) is 4.02. The number of nitrogens with zero attached hydrogens (tertiary/aromatic N) is 2. The Bertz CT molecular complexity index is 671. The van der Waals surface area contributed by atoms with Gasteiger partial charge in [0, 0.05) is 23.1 Å². The first kappa shape index (κ1) is 16.6. The van der Waals surface area contributed by atoms with Crippen LogP contribution in [-0.4, -0.2) is 34.6 Å². The smallest absolute Gasteiger partial charge is 0.256 e. The number of rotatable bonds is 4. The highest BCUT2D eigenvalue weighted by atomic mass is 79.9. The largest absolute Gasteiger partial charge is 0.431 e. The van der Waals surface area contributed by atoms with Crippen LogP contribution in [-0.2, 0) is 4.79 Å². The lowest BCUT2D eigenvalue weighted by Crippen LogP contribution is -2.40. The first-order valence-electron chi connectivity index (χ1n) is 7.74. The minimum atomic E-state index is 0.171. The van der Waals surface area contributed by atoms with Gasteiger partial charge in [0.15, 0.2) is 5.76 Å². The highest BCUT2D eigenvalue weighted by Crippen LogP contribution is 2.27. The third kappa shape index (κ3) is 4.38. The second kappa shape index (κ2) is 7.53. The average Bonchev–Trinajstić information content (AvgIpc) is 3.02. The highest BCUT2D eigenvalue weighted by Gasteiger charge is 2.21. The summed E-state index contributed by atoms with van der Waals surface area (Å²) < 4.78 is 6.76. The van der Waals surface area contributed by atoms with Gasteiger partial charge in [0.05, 0.1) is 11.9 Å². The Morgan fingerprint density at radius 1 is 1.43 bits per heavy atom. The summed E-state index contributed by atoms with van der Waals surface area (Å²) in [6.45, 7) is 3.94. The molecule has 1 aromatic heterocycles. The SMILES string of the molecule is CC1CCCN(C(=O)CSc2ncc(-c3ccc(Br)cc3)o2)C1. The van der Waals surface area contributed by atoms with Crippen LogP contribution in [0, 0.1) is 5.92 Å². The first-order valence-corrected chi connectivity index (χ1v) is 9.52. The minimum Gasteiger partial charge on any atom is -0.431 e. The van der Waals surface area contributed by atoms with Crippen LogP contribution in [0.5, 0.6) is 0 Å². The van der Waals surface area contributed by atoms with Gasteiger partial charge in [-0.25, -0.2) is 4.98 Å². The molecule has 1 amide bonds. The molecule has 1 aliphatic heterocycles. The van der Waals surface area contributed by atoms with E-state index in [1.165, 1.54) is 18.2 Å². The van der Waals surface area contributed by atoms with Gasteiger partial charge in [0.1, 0.15) is 0 Å². The molecule has 1 aliphatic rings. The zero-order valence-electron chi connectivity index (χ0n) is 13.0. The van der Waals surface area contributed by atoms with Crippen LogP contribution in [0.4, 0.5) is 0 Å². The van der Waals surface area contributed by atoms with E-state index in [-0.39, 0.29) is 5.91 Å². The van der Waals surface area contributed by atoms with E-state index in [9.17, 15) is 4.79 Å². The second-order valence-corrected chi connectivity index (χ2v) is 7.72. The monoisotopic (exact) mass is 394 g/mol. The van der Waals surface area contributed by atoms with Gasteiger partial charge in [-0.2, -0.15) is 0 Å². The van der Waals surface area contributed by atoms with E-state index in [2.05, 4.69) is 27.8 Å². The predicted octanol–water partition coefficient (Wildman–Crippen LogP) is 4.45. The van der Waals surface area contributed by atoms with Crippen molar-refractivity contribution >= 4 is 33.6 Å². The third-order valence-corrected chi connectivity index (χ3v) is 5.30. The number of aromatic nitrogens is 1. The van der Waals surface area contributed by atoms with Crippen molar-refractivity contribution in [3.8, 4) is 11.3 Å². The van der Waals surface area contributed by atoms with Crippen molar-refractivity contribution < 1.29 is 9.21 Å². The average molecular weight is 395 g/mol. The topological polar surface area (TPSA) is 46.3 Å². The van der Waals surface area contributed by atoms with E-state index in [1.54, 1.807) is 6.20 Å². The summed E-state index contributed by atoms with van der Waals surface area (Å²) in [4.78, 5) is 18.5. The number of hydrogen-bond acceptors (Lipinski definition) is 4. The number of halogens is 1. The summed E-state index contributed by atoms with van der Waals surface area (Å²) in [6, 6.07) is 7.87. The number of carbonyl (C=O) groups is 1. The zero-order chi connectivity index (χ0) is 16.2.